The van der Waals surface area contributed by atoms with E-state index in [-0.39, 0.29) is 11.0 Å². The maximum atomic E-state index is 10.6. The minimum atomic E-state index is -0.441. The summed E-state index contributed by atoms with van der Waals surface area (Å²) in [5.74, 6) is 0. The van der Waals surface area contributed by atoms with Gasteiger partial charge in [-0.15, -0.1) is 0 Å². The maximum absolute atomic E-state index is 10.6. The number of nitrogens with zero attached hydrogens (tertiary/aromatic N) is 1. The summed E-state index contributed by atoms with van der Waals surface area (Å²) in [7, 11) is 2.14. The average molecular weight is 263 g/mol. The SMILES string of the molecule is CCC(C)(C)N(C)CC(C)(C)C(O)c1ccccc1. The van der Waals surface area contributed by atoms with Crippen LogP contribution < -0.4 is 0 Å². The molecule has 0 spiro atoms. The zero-order valence-corrected chi connectivity index (χ0v) is 13.3. The molecule has 0 bridgehead atoms. The van der Waals surface area contributed by atoms with Crippen molar-refractivity contribution in [2.45, 2.75) is 52.7 Å². The van der Waals surface area contributed by atoms with Gasteiger partial charge in [0.15, 0.2) is 0 Å². The second-order valence-corrected chi connectivity index (χ2v) is 6.82. The molecule has 2 heteroatoms. The van der Waals surface area contributed by atoms with Gasteiger partial charge in [-0.3, -0.25) is 0 Å². The van der Waals surface area contributed by atoms with E-state index in [0.717, 1.165) is 18.5 Å². The van der Waals surface area contributed by atoms with Crippen LogP contribution in [0.2, 0.25) is 0 Å². The van der Waals surface area contributed by atoms with Gasteiger partial charge in [0.2, 0.25) is 0 Å². The van der Waals surface area contributed by atoms with Gasteiger partial charge in [0.1, 0.15) is 0 Å². The van der Waals surface area contributed by atoms with E-state index >= 15 is 0 Å². The monoisotopic (exact) mass is 263 g/mol. The van der Waals surface area contributed by atoms with Crippen LogP contribution in [0.3, 0.4) is 0 Å². The van der Waals surface area contributed by atoms with Crippen LogP contribution in [0.1, 0.15) is 52.7 Å². The fraction of sp³-hybridized carbons (Fsp3) is 0.647. The topological polar surface area (TPSA) is 23.5 Å². The Bertz CT molecular complexity index is 384. The summed E-state index contributed by atoms with van der Waals surface area (Å²) in [6.45, 7) is 11.8. The summed E-state index contributed by atoms with van der Waals surface area (Å²) >= 11 is 0. The van der Waals surface area contributed by atoms with Crippen LogP contribution in [-0.4, -0.2) is 29.1 Å². The highest BCUT2D eigenvalue weighted by molar-refractivity contribution is 5.19. The molecule has 1 unspecified atom stereocenters. The van der Waals surface area contributed by atoms with E-state index in [9.17, 15) is 5.11 Å². The van der Waals surface area contributed by atoms with Crippen LogP contribution in [0.4, 0.5) is 0 Å². The van der Waals surface area contributed by atoms with E-state index < -0.39 is 6.10 Å². The first kappa shape index (κ1) is 16.2. The predicted octanol–water partition coefficient (Wildman–Crippen LogP) is 3.87. The lowest BCUT2D eigenvalue weighted by Gasteiger charge is -2.42. The Morgan fingerprint density at radius 2 is 1.63 bits per heavy atom. The molecule has 0 fully saturated rings. The van der Waals surface area contributed by atoms with Gasteiger partial charge >= 0.3 is 0 Å². The van der Waals surface area contributed by atoms with Crippen molar-refractivity contribution in [2.75, 3.05) is 13.6 Å². The summed E-state index contributed by atoms with van der Waals surface area (Å²) in [5, 5.41) is 10.6. The normalized spacial score (nSPS) is 14.7. The van der Waals surface area contributed by atoms with Crippen LogP contribution >= 0.6 is 0 Å². The molecule has 1 aromatic carbocycles. The lowest BCUT2D eigenvalue weighted by Crippen LogP contribution is -2.46. The second-order valence-electron chi connectivity index (χ2n) is 6.82. The lowest BCUT2D eigenvalue weighted by atomic mass is 9.81. The molecule has 1 rings (SSSR count). The van der Waals surface area contributed by atoms with Crippen LogP contribution in [-0.2, 0) is 0 Å². The summed E-state index contributed by atoms with van der Waals surface area (Å²) < 4.78 is 0. The molecular formula is C17H29NO. The highest BCUT2D eigenvalue weighted by Crippen LogP contribution is 2.35. The Hall–Kier alpha value is -0.860. The van der Waals surface area contributed by atoms with E-state index in [1.807, 2.05) is 30.3 Å². The predicted molar refractivity (Wildman–Crippen MR) is 82.2 cm³/mol. The van der Waals surface area contributed by atoms with E-state index in [4.69, 9.17) is 0 Å². The highest BCUT2D eigenvalue weighted by atomic mass is 16.3. The number of aliphatic hydroxyl groups is 1. The average Bonchev–Trinajstić information content (AvgIpc) is 2.38. The molecule has 0 radical (unpaired) electrons. The fourth-order valence-corrected chi connectivity index (χ4v) is 2.27. The minimum Gasteiger partial charge on any atom is -0.388 e. The zero-order chi connectivity index (χ0) is 14.7. The Balaban J connectivity index is 2.81. The first-order valence-electron chi connectivity index (χ1n) is 7.15. The first-order valence-corrected chi connectivity index (χ1v) is 7.15. The summed E-state index contributed by atoms with van der Waals surface area (Å²) in [5.41, 5.74) is 0.978. The molecule has 0 aliphatic rings. The molecule has 108 valence electrons. The molecule has 0 saturated heterocycles. The molecule has 0 aliphatic heterocycles. The van der Waals surface area contributed by atoms with Gasteiger partial charge in [-0.05, 0) is 32.9 Å². The third-order valence-corrected chi connectivity index (χ3v) is 4.40. The lowest BCUT2D eigenvalue weighted by molar-refractivity contribution is 0.00162. The van der Waals surface area contributed by atoms with Crippen molar-refractivity contribution in [2.24, 2.45) is 5.41 Å². The van der Waals surface area contributed by atoms with Crippen LogP contribution in [0.25, 0.3) is 0 Å². The second kappa shape index (κ2) is 6.06. The van der Waals surface area contributed by atoms with Crippen molar-refractivity contribution >= 4 is 0 Å². The van der Waals surface area contributed by atoms with Crippen molar-refractivity contribution in [3.63, 3.8) is 0 Å². The molecule has 19 heavy (non-hydrogen) atoms. The van der Waals surface area contributed by atoms with Gasteiger partial charge in [0.25, 0.3) is 0 Å². The largest absolute Gasteiger partial charge is 0.388 e. The third kappa shape index (κ3) is 4.05. The van der Waals surface area contributed by atoms with Crippen molar-refractivity contribution < 1.29 is 5.11 Å². The van der Waals surface area contributed by atoms with E-state index in [0.29, 0.717) is 0 Å². The van der Waals surface area contributed by atoms with Gasteiger partial charge < -0.3 is 10.0 Å². The van der Waals surface area contributed by atoms with Crippen molar-refractivity contribution in [3.8, 4) is 0 Å². The maximum Gasteiger partial charge on any atom is 0.0853 e. The number of rotatable bonds is 6. The Morgan fingerprint density at radius 3 is 2.11 bits per heavy atom. The van der Waals surface area contributed by atoms with E-state index in [1.165, 1.54) is 0 Å². The van der Waals surface area contributed by atoms with Gasteiger partial charge in [0, 0.05) is 17.5 Å². The van der Waals surface area contributed by atoms with Crippen LogP contribution in [0.15, 0.2) is 30.3 Å². The fourth-order valence-electron chi connectivity index (χ4n) is 2.27. The van der Waals surface area contributed by atoms with Crippen molar-refractivity contribution in [1.82, 2.24) is 4.90 Å². The Morgan fingerprint density at radius 1 is 1.11 bits per heavy atom. The molecule has 1 N–H and O–H groups in total. The quantitative estimate of drug-likeness (QED) is 0.842. The number of benzene rings is 1. The van der Waals surface area contributed by atoms with Crippen molar-refractivity contribution in [3.05, 3.63) is 35.9 Å². The van der Waals surface area contributed by atoms with E-state index in [2.05, 4.69) is 46.6 Å². The Kier molecular flexibility index (Phi) is 5.17. The van der Waals surface area contributed by atoms with Gasteiger partial charge in [-0.2, -0.15) is 0 Å². The minimum absolute atomic E-state index is 0.160. The molecule has 1 aromatic rings. The summed E-state index contributed by atoms with van der Waals surface area (Å²) in [4.78, 5) is 2.35. The molecule has 0 aromatic heterocycles. The molecule has 0 saturated carbocycles. The molecular weight excluding hydrogens is 234 g/mol. The first-order chi connectivity index (χ1) is 8.70. The highest BCUT2D eigenvalue weighted by Gasteiger charge is 2.33. The molecule has 0 amide bonds. The zero-order valence-electron chi connectivity index (χ0n) is 13.3. The third-order valence-electron chi connectivity index (χ3n) is 4.40. The Labute approximate surface area is 118 Å². The standard InChI is InChI=1S/C17H29NO/c1-7-17(4,5)18(6)13-16(2,3)15(19)14-11-9-8-10-12-14/h8-12,15,19H,7,13H2,1-6H3. The van der Waals surface area contributed by atoms with Gasteiger partial charge in [-0.25, -0.2) is 0 Å². The molecule has 0 heterocycles. The van der Waals surface area contributed by atoms with Gasteiger partial charge in [0.05, 0.1) is 6.10 Å². The number of hydrogen-bond donors (Lipinski definition) is 1. The summed E-state index contributed by atoms with van der Waals surface area (Å²) in [6.07, 6.45) is 0.657. The number of hydrogen-bond acceptors (Lipinski definition) is 2. The molecule has 2 nitrogen and oxygen atoms in total. The summed E-state index contributed by atoms with van der Waals surface area (Å²) in [6, 6.07) is 9.94. The smallest absolute Gasteiger partial charge is 0.0853 e. The number of aliphatic hydroxyl groups excluding tert-OH is 1. The van der Waals surface area contributed by atoms with Crippen LogP contribution in [0.5, 0.6) is 0 Å². The molecule has 0 aliphatic carbocycles. The van der Waals surface area contributed by atoms with Crippen LogP contribution in [0, 0.1) is 5.41 Å². The van der Waals surface area contributed by atoms with Crippen molar-refractivity contribution in [1.29, 1.82) is 0 Å². The van der Waals surface area contributed by atoms with E-state index in [1.54, 1.807) is 0 Å². The van der Waals surface area contributed by atoms with Gasteiger partial charge in [-0.1, -0.05) is 51.1 Å². The molecule has 1 atom stereocenters.